The summed E-state index contributed by atoms with van der Waals surface area (Å²) < 4.78 is 14.3. The van der Waals surface area contributed by atoms with Crippen molar-refractivity contribution in [3.63, 3.8) is 0 Å². The summed E-state index contributed by atoms with van der Waals surface area (Å²) in [5, 5.41) is 12.2. The van der Waals surface area contributed by atoms with Crippen molar-refractivity contribution in [2.45, 2.75) is 10.2 Å². The molecule has 0 saturated heterocycles. The lowest BCUT2D eigenvalue weighted by atomic mass is 9.77. The second-order valence-electron chi connectivity index (χ2n) is 6.22. The fraction of sp³-hybridized carbons (Fsp3) is 0.143. The van der Waals surface area contributed by atoms with E-state index in [0.717, 1.165) is 27.6 Å². The van der Waals surface area contributed by atoms with E-state index in [1.807, 2.05) is 54.6 Å². The molecule has 0 fully saturated rings. The quantitative estimate of drug-likeness (QED) is 0.435. The van der Waals surface area contributed by atoms with Gasteiger partial charge < -0.3 is 9.47 Å². The molecule has 0 bridgehead atoms. The number of alkyl halides is 1. The molecule has 27 heavy (non-hydrogen) atoms. The van der Waals surface area contributed by atoms with E-state index >= 15 is 0 Å². The number of rotatable bonds is 2. The smallest absolute Gasteiger partial charge is 0.233 e. The molecule has 0 amide bonds. The van der Waals surface area contributed by atoms with Gasteiger partial charge in [-0.3, -0.25) is 0 Å². The van der Waals surface area contributed by atoms with Crippen molar-refractivity contribution in [3.8, 4) is 17.6 Å². The zero-order valence-electron chi connectivity index (χ0n) is 14.3. The first kappa shape index (κ1) is 18.0. The number of halogens is 2. The van der Waals surface area contributed by atoms with Crippen molar-refractivity contribution >= 4 is 48.7 Å². The Labute approximate surface area is 173 Å². The van der Waals surface area contributed by atoms with Crippen LogP contribution in [-0.2, 0) is 0 Å². The van der Waals surface area contributed by atoms with Crippen molar-refractivity contribution in [3.05, 3.63) is 71.8 Å². The number of nitriles is 1. The number of benzene rings is 3. The van der Waals surface area contributed by atoms with E-state index in [1.54, 1.807) is 7.11 Å². The van der Waals surface area contributed by atoms with Gasteiger partial charge in [-0.25, -0.2) is 0 Å². The van der Waals surface area contributed by atoms with Crippen LogP contribution in [0, 0.1) is 11.3 Å². The maximum atomic E-state index is 10.1. The zero-order chi connectivity index (χ0) is 19.0. The fourth-order valence-corrected chi connectivity index (χ4v) is 4.82. The van der Waals surface area contributed by atoms with Gasteiger partial charge in [0, 0.05) is 5.56 Å². The van der Waals surface area contributed by atoms with Crippen LogP contribution in [0.1, 0.15) is 17.0 Å². The standard InChI is InChI=1S/C21H14Br2N2O2/c1-26-15-7-4-6-14(11-15)19-18-16-8-3-2-5-13(16)9-10-17(18)27-20(25-23)21(19,22)12-24/h2-11,19H,1H3. The molecule has 2 atom stereocenters. The molecule has 1 aliphatic rings. The third-order valence-electron chi connectivity index (χ3n) is 4.80. The first-order valence-corrected chi connectivity index (χ1v) is 9.75. The van der Waals surface area contributed by atoms with Crippen molar-refractivity contribution in [2.24, 2.45) is 4.02 Å². The third kappa shape index (κ3) is 2.82. The van der Waals surface area contributed by atoms with Crippen LogP contribution in [-0.4, -0.2) is 17.3 Å². The lowest BCUT2D eigenvalue weighted by Crippen LogP contribution is -2.44. The average Bonchev–Trinajstić information content (AvgIpc) is 2.73. The third-order valence-corrected chi connectivity index (χ3v) is 6.10. The van der Waals surface area contributed by atoms with E-state index in [0.29, 0.717) is 5.75 Å². The Balaban J connectivity index is 2.09. The van der Waals surface area contributed by atoms with Gasteiger partial charge in [0.15, 0.2) is 4.32 Å². The molecule has 0 radical (unpaired) electrons. The van der Waals surface area contributed by atoms with Crippen molar-refractivity contribution in [2.75, 3.05) is 7.11 Å². The molecule has 134 valence electrons. The lowest BCUT2D eigenvalue weighted by molar-refractivity contribution is 0.413. The summed E-state index contributed by atoms with van der Waals surface area (Å²) in [4.78, 5) is 0. The van der Waals surface area contributed by atoms with Crippen LogP contribution >= 0.6 is 32.1 Å². The van der Waals surface area contributed by atoms with Crippen molar-refractivity contribution in [1.82, 2.24) is 0 Å². The van der Waals surface area contributed by atoms with E-state index in [-0.39, 0.29) is 11.8 Å². The van der Waals surface area contributed by atoms with Crippen LogP contribution in [0.4, 0.5) is 0 Å². The zero-order valence-corrected chi connectivity index (χ0v) is 17.5. The molecule has 3 aromatic carbocycles. The van der Waals surface area contributed by atoms with Gasteiger partial charge in [0.1, 0.15) is 11.5 Å². The maximum absolute atomic E-state index is 10.1. The monoisotopic (exact) mass is 484 g/mol. The van der Waals surface area contributed by atoms with Crippen LogP contribution < -0.4 is 9.47 Å². The van der Waals surface area contributed by atoms with Gasteiger partial charge in [0.25, 0.3) is 0 Å². The Hall–Kier alpha value is -2.36. The number of nitrogens with zero attached hydrogens (tertiary/aromatic N) is 2. The summed E-state index contributed by atoms with van der Waals surface area (Å²) in [5.74, 6) is 1.33. The Bertz CT molecular complexity index is 1110. The molecule has 4 rings (SSSR count). The minimum absolute atomic E-state index is 0.264. The van der Waals surface area contributed by atoms with Gasteiger partial charge in [-0.05, 0) is 34.5 Å². The highest BCUT2D eigenvalue weighted by atomic mass is 79.9. The Kier molecular flexibility index (Phi) is 4.67. The van der Waals surface area contributed by atoms with Gasteiger partial charge in [0.2, 0.25) is 5.90 Å². The predicted octanol–water partition coefficient (Wildman–Crippen LogP) is 5.74. The molecule has 2 unspecified atom stereocenters. The number of hydrogen-bond donors (Lipinski definition) is 0. The predicted molar refractivity (Wildman–Crippen MR) is 113 cm³/mol. The number of ether oxygens (including phenoxy) is 2. The molecule has 0 aromatic heterocycles. The van der Waals surface area contributed by atoms with Gasteiger partial charge in [0.05, 0.1) is 35.2 Å². The van der Waals surface area contributed by atoms with Gasteiger partial charge >= 0.3 is 0 Å². The lowest BCUT2D eigenvalue weighted by Gasteiger charge is -2.37. The van der Waals surface area contributed by atoms with E-state index < -0.39 is 4.32 Å². The topological polar surface area (TPSA) is 54.6 Å². The Morgan fingerprint density at radius 1 is 1.15 bits per heavy atom. The summed E-state index contributed by atoms with van der Waals surface area (Å²) in [6.07, 6.45) is 0. The highest BCUT2D eigenvalue weighted by Crippen LogP contribution is 2.51. The van der Waals surface area contributed by atoms with Crippen molar-refractivity contribution < 1.29 is 9.47 Å². The fourth-order valence-electron chi connectivity index (χ4n) is 3.57. The summed E-state index contributed by atoms with van der Waals surface area (Å²) in [7, 11) is 1.63. The van der Waals surface area contributed by atoms with Crippen molar-refractivity contribution in [1.29, 1.82) is 5.26 Å². The van der Waals surface area contributed by atoms with Gasteiger partial charge in [-0.15, -0.1) is 0 Å². The van der Waals surface area contributed by atoms with E-state index in [1.165, 1.54) is 0 Å². The van der Waals surface area contributed by atoms with E-state index in [4.69, 9.17) is 9.47 Å². The molecular formula is C21H14Br2N2O2. The molecule has 1 heterocycles. The molecule has 0 N–H and O–H groups in total. The molecule has 1 aliphatic heterocycles. The van der Waals surface area contributed by atoms with Crippen LogP contribution in [0.25, 0.3) is 10.8 Å². The first-order valence-electron chi connectivity index (χ1n) is 8.25. The average molecular weight is 486 g/mol. The Morgan fingerprint density at radius 2 is 1.96 bits per heavy atom. The second kappa shape index (κ2) is 6.99. The molecular weight excluding hydrogens is 472 g/mol. The SMILES string of the molecule is COc1cccc(C2c3c(ccc4ccccc34)OC(=NBr)C2(Br)C#N)c1. The van der Waals surface area contributed by atoms with Crippen LogP contribution in [0.2, 0.25) is 0 Å². The Morgan fingerprint density at radius 3 is 2.70 bits per heavy atom. The van der Waals surface area contributed by atoms with Crippen LogP contribution in [0.3, 0.4) is 0 Å². The van der Waals surface area contributed by atoms with Gasteiger partial charge in [-0.1, -0.05) is 58.4 Å². The summed E-state index contributed by atoms with van der Waals surface area (Å²) in [6, 6.07) is 22.1. The largest absolute Gasteiger partial charge is 0.497 e. The highest BCUT2D eigenvalue weighted by Gasteiger charge is 2.50. The molecule has 0 spiro atoms. The maximum Gasteiger partial charge on any atom is 0.233 e. The molecule has 3 aromatic rings. The second-order valence-corrected chi connectivity index (χ2v) is 7.83. The molecule has 6 heteroatoms. The first-order chi connectivity index (χ1) is 13.1. The molecule has 0 aliphatic carbocycles. The van der Waals surface area contributed by atoms with Gasteiger partial charge in [-0.2, -0.15) is 9.28 Å². The number of fused-ring (bicyclic) bond motifs is 3. The summed E-state index contributed by atoms with van der Waals surface area (Å²) in [6.45, 7) is 0. The number of methoxy groups -OCH3 is 1. The normalized spacial score (nSPS) is 22.7. The molecule has 0 saturated carbocycles. The van der Waals surface area contributed by atoms with Crippen LogP contribution in [0.5, 0.6) is 11.5 Å². The minimum atomic E-state index is -1.17. The van der Waals surface area contributed by atoms with Crippen LogP contribution in [0.15, 0.2) is 64.7 Å². The molecule has 4 nitrogen and oxygen atoms in total. The minimum Gasteiger partial charge on any atom is -0.497 e. The summed E-state index contributed by atoms with van der Waals surface area (Å²) in [5.41, 5.74) is 1.88. The summed E-state index contributed by atoms with van der Waals surface area (Å²) >= 11 is 6.75. The highest BCUT2D eigenvalue weighted by molar-refractivity contribution is 9.10. The van der Waals surface area contributed by atoms with E-state index in [9.17, 15) is 5.26 Å². The van der Waals surface area contributed by atoms with E-state index in [2.05, 4.69) is 48.2 Å². The number of hydrogen-bond acceptors (Lipinski definition) is 4.